The summed E-state index contributed by atoms with van der Waals surface area (Å²) in [5, 5.41) is 16.7. The van der Waals surface area contributed by atoms with E-state index in [0.29, 0.717) is 12.1 Å². The molecule has 1 aliphatic rings. The Morgan fingerprint density at radius 1 is 1.17 bits per heavy atom. The first kappa shape index (κ1) is 24.8. The number of ether oxygens (including phenoxy) is 1. The maximum absolute atomic E-state index is 13.3. The normalized spacial score (nSPS) is 15.2. The lowest BCUT2D eigenvalue weighted by atomic mass is 10.00. The lowest BCUT2D eigenvalue weighted by molar-refractivity contribution is 0.0939. The van der Waals surface area contributed by atoms with Gasteiger partial charge in [-0.3, -0.25) is 9.48 Å². The molecular formula is C27H35N5O3. The van der Waals surface area contributed by atoms with Crippen molar-refractivity contribution < 1.29 is 14.6 Å². The van der Waals surface area contributed by atoms with Gasteiger partial charge >= 0.3 is 0 Å². The zero-order valence-electron chi connectivity index (χ0n) is 21.0. The summed E-state index contributed by atoms with van der Waals surface area (Å²) in [6.45, 7) is 8.37. The Bertz CT molecular complexity index is 1170. The fourth-order valence-corrected chi connectivity index (χ4v) is 4.42. The molecule has 0 radical (unpaired) electrons. The summed E-state index contributed by atoms with van der Waals surface area (Å²) in [7, 11) is 3.77. The molecule has 3 aromatic rings. The first-order valence-electron chi connectivity index (χ1n) is 12.1. The first-order valence-corrected chi connectivity index (χ1v) is 12.1. The van der Waals surface area contributed by atoms with Gasteiger partial charge in [-0.2, -0.15) is 5.10 Å². The van der Waals surface area contributed by atoms with Crippen LogP contribution in [0.3, 0.4) is 0 Å². The van der Waals surface area contributed by atoms with E-state index in [1.54, 1.807) is 18.0 Å². The number of rotatable bonds is 8. The van der Waals surface area contributed by atoms with Crippen molar-refractivity contribution in [1.29, 1.82) is 0 Å². The van der Waals surface area contributed by atoms with Crippen LogP contribution < -0.4 is 15.0 Å². The molecule has 0 bridgehead atoms. The Kier molecular flexibility index (Phi) is 7.73. The van der Waals surface area contributed by atoms with Crippen molar-refractivity contribution in [1.82, 2.24) is 20.0 Å². The summed E-state index contributed by atoms with van der Waals surface area (Å²) < 4.78 is 7.26. The summed E-state index contributed by atoms with van der Waals surface area (Å²) in [5.74, 6) is 0.644. The average molecular weight is 478 g/mol. The second-order valence-corrected chi connectivity index (χ2v) is 9.16. The fraction of sp³-hybridized carbons (Fsp3) is 0.407. The summed E-state index contributed by atoms with van der Waals surface area (Å²) in [5.41, 5.74) is 5.51. The number of nitrogens with zero attached hydrogens (tertiary/aromatic N) is 4. The molecule has 0 unspecified atom stereocenters. The zero-order valence-corrected chi connectivity index (χ0v) is 21.0. The third kappa shape index (κ3) is 5.66. The summed E-state index contributed by atoms with van der Waals surface area (Å²) in [6, 6.07) is 11.9. The number of aromatic nitrogens is 2. The van der Waals surface area contributed by atoms with Crippen LogP contribution in [0, 0.1) is 6.92 Å². The van der Waals surface area contributed by atoms with Gasteiger partial charge in [0.1, 0.15) is 5.75 Å². The number of benzene rings is 2. The van der Waals surface area contributed by atoms with Gasteiger partial charge in [0.05, 0.1) is 32.5 Å². The molecule has 35 heavy (non-hydrogen) atoms. The van der Waals surface area contributed by atoms with Crippen LogP contribution in [-0.4, -0.2) is 72.6 Å². The number of aliphatic hydroxyl groups excluding tert-OH is 1. The molecule has 2 heterocycles. The molecule has 1 atom stereocenters. The monoisotopic (exact) mass is 477 g/mol. The highest BCUT2D eigenvalue weighted by molar-refractivity contribution is 5.97. The van der Waals surface area contributed by atoms with Gasteiger partial charge in [0.15, 0.2) is 0 Å². The van der Waals surface area contributed by atoms with Gasteiger partial charge in [-0.25, -0.2) is 0 Å². The number of anilines is 1. The number of amides is 1. The number of hydrogen-bond acceptors (Lipinski definition) is 6. The van der Waals surface area contributed by atoms with E-state index >= 15 is 0 Å². The molecule has 2 aromatic carbocycles. The summed E-state index contributed by atoms with van der Waals surface area (Å²) in [6.07, 6.45) is 3.64. The highest BCUT2D eigenvalue weighted by Crippen LogP contribution is 2.32. The lowest BCUT2D eigenvalue weighted by Crippen LogP contribution is -2.44. The smallest absolute Gasteiger partial charge is 0.252 e. The molecule has 8 nitrogen and oxygen atoms in total. The topological polar surface area (TPSA) is 82.9 Å². The maximum Gasteiger partial charge on any atom is 0.252 e. The number of carbonyl (C=O) groups excluding carboxylic acids is 1. The van der Waals surface area contributed by atoms with Gasteiger partial charge in [-0.15, -0.1) is 0 Å². The van der Waals surface area contributed by atoms with Crippen LogP contribution in [0.2, 0.25) is 0 Å². The minimum Gasteiger partial charge on any atom is -0.496 e. The predicted octanol–water partition coefficient (Wildman–Crippen LogP) is 3.10. The van der Waals surface area contributed by atoms with Crippen LogP contribution in [-0.2, 0) is 6.54 Å². The van der Waals surface area contributed by atoms with Crippen LogP contribution in [0.1, 0.15) is 34.5 Å². The number of methoxy groups -OCH3 is 1. The van der Waals surface area contributed by atoms with Crippen LogP contribution in [0.5, 0.6) is 5.75 Å². The van der Waals surface area contributed by atoms with Gasteiger partial charge in [0.2, 0.25) is 0 Å². The third-order valence-electron chi connectivity index (χ3n) is 6.68. The van der Waals surface area contributed by atoms with Crippen LogP contribution in [0.4, 0.5) is 5.69 Å². The Balaban J connectivity index is 1.53. The number of likely N-dealkylation sites (N-methyl/N-ethyl adjacent to an activating group) is 1. The van der Waals surface area contributed by atoms with Gasteiger partial charge in [0.25, 0.3) is 5.91 Å². The SMILES string of the molecule is COc1ccc([C@@H](C)NC(=O)c2cc(N3CCN(C)CC3)ccc2C)cc1-c1cnn(CCO)c1. The maximum atomic E-state index is 13.3. The minimum atomic E-state index is -0.202. The van der Waals surface area contributed by atoms with E-state index in [0.717, 1.165) is 59.9 Å². The van der Waals surface area contributed by atoms with Gasteiger partial charge in [0, 0.05) is 54.8 Å². The standard InChI is InChI=1S/C27H35N5O3/c1-19-5-7-23(31-11-9-30(3)10-12-31)16-24(19)27(34)29-20(2)21-6-8-26(35-4)25(15-21)22-17-28-32(18-22)13-14-33/h5-8,15-18,20,33H,9-14H2,1-4H3,(H,29,34)/t20-/m1/s1. The summed E-state index contributed by atoms with van der Waals surface area (Å²) >= 11 is 0. The van der Waals surface area contributed by atoms with Gasteiger partial charge in [-0.05, 0) is 56.3 Å². The van der Waals surface area contributed by atoms with Crippen molar-refractivity contribution in [2.75, 3.05) is 51.8 Å². The number of aryl methyl sites for hydroxylation is 1. The van der Waals surface area contributed by atoms with E-state index in [4.69, 9.17) is 4.74 Å². The van der Waals surface area contributed by atoms with Crippen molar-refractivity contribution in [2.45, 2.75) is 26.4 Å². The zero-order chi connectivity index (χ0) is 24.9. The average Bonchev–Trinajstić information content (AvgIpc) is 3.33. The quantitative estimate of drug-likeness (QED) is 0.519. The van der Waals surface area contributed by atoms with Crippen molar-refractivity contribution in [3.8, 4) is 16.9 Å². The Hall–Kier alpha value is -3.36. The molecule has 186 valence electrons. The van der Waals surface area contributed by atoms with Crippen molar-refractivity contribution in [2.24, 2.45) is 0 Å². The van der Waals surface area contributed by atoms with E-state index in [-0.39, 0.29) is 18.6 Å². The minimum absolute atomic E-state index is 0.0246. The highest BCUT2D eigenvalue weighted by Gasteiger charge is 2.19. The Labute approximate surface area is 207 Å². The van der Waals surface area contributed by atoms with Crippen molar-refractivity contribution in [3.05, 3.63) is 65.5 Å². The summed E-state index contributed by atoms with van der Waals surface area (Å²) in [4.78, 5) is 17.9. The molecule has 4 rings (SSSR count). The van der Waals surface area contributed by atoms with E-state index in [9.17, 15) is 9.90 Å². The number of nitrogens with one attached hydrogen (secondary N) is 1. The molecule has 2 N–H and O–H groups in total. The predicted molar refractivity (Wildman–Crippen MR) is 138 cm³/mol. The molecular weight excluding hydrogens is 442 g/mol. The Morgan fingerprint density at radius 2 is 1.94 bits per heavy atom. The first-order chi connectivity index (χ1) is 16.9. The van der Waals surface area contributed by atoms with Crippen molar-refractivity contribution in [3.63, 3.8) is 0 Å². The molecule has 1 saturated heterocycles. The second-order valence-electron chi connectivity index (χ2n) is 9.16. The molecule has 1 aromatic heterocycles. The second kappa shape index (κ2) is 10.9. The van der Waals surface area contributed by atoms with Crippen molar-refractivity contribution >= 4 is 11.6 Å². The van der Waals surface area contributed by atoms with Crippen LogP contribution in [0.15, 0.2) is 48.8 Å². The Morgan fingerprint density at radius 3 is 2.66 bits per heavy atom. The molecule has 0 aliphatic carbocycles. The number of aliphatic hydroxyl groups is 1. The van der Waals surface area contributed by atoms with E-state index < -0.39 is 0 Å². The molecule has 1 fully saturated rings. The van der Waals surface area contributed by atoms with Crippen LogP contribution in [0.25, 0.3) is 11.1 Å². The molecule has 1 amide bonds. The third-order valence-corrected chi connectivity index (χ3v) is 6.68. The molecule has 8 heteroatoms. The van der Waals surface area contributed by atoms with E-state index in [1.165, 1.54) is 0 Å². The van der Waals surface area contributed by atoms with Crippen LogP contribution >= 0.6 is 0 Å². The largest absolute Gasteiger partial charge is 0.496 e. The molecule has 1 aliphatic heterocycles. The van der Waals surface area contributed by atoms with Gasteiger partial charge < -0.3 is 25.0 Å². The highest BCUT2D eigenvalue weighted by atomic mass is 16.5. The number of carbonyl (C=O) groups is 1. The molecule has 0 spiro atoms. The lowest BCUT2D eigenvalue weighted by Gasteiger charge is -2.34. The molecule has 0 saturated carbocycles. The fourth-order valence-electron chi connectivity index (χ4n) is 4.42. The van der Waals surface area contributed by atoms with E-state index in [1.807, 2.05) is 50.4 Å². The van der Waals surface area contributed by atoms with Gasteiger partial charge in [-0.1, -0.05) is 12.1 Å². The number of piperazine rings is 1. The number of hydrogen-bond donors (Lipinski definition) is 2. The van der Waals surface area contributed by atoms with E-state index in [2.05, 4.69) is 33.3 Å².